The topological polar surface area (TPSA) is 34.1 Å². The van der Waals surface area contributed by atoms with Gasteiger partial charge >= 0.3 is 0 Å². The molecule has 0 bridgehead atoms. The van der Waals surface area contributed by atoms with Crippen molar-refractivity contribution in [2.75, 3.05) is 6.61 Å². The van der Waals surface area contributed by atoms with Gasteiger partial charge in [-0.1, -0.05) is 30.9 Å². The summed E-state index contributed by atoms with van der Waals surface area (Å²) in [6, 6.07) is 12.1. The number of nitrogens with one attached hydrogen (secondary N) is 1. The molecule has 4 heteroatoms. The highest BCUT2D eigenvalue weighted by atomic mass is 35.5. The first-order chi connectivity index (χ1) is 9.38. The lowest BCUT2D eigenvalue weighted by Gasteiger charge is -2.07. The second-order valence-electron chi connectivity index (χ2n) is 4.21. The fourth-order valence-corrected chi connectivity index (χ4v) is 1.75. The maximum absolute atomic E-state index is 5.50. The minimum atomic E-state index is 0. The Kier molecular flexibility index (Phi) is 7.40. The van der Waals surface area contributed by atoms with Crippen molar-refractivity contribution in [2.24, 2.45) is 0 Å². The molecule has 0 saturated heterocycles. The summed E-state index contributed by atoms with van der Waals surface area (Å²) >= 11 is 0. The number of hydrogen-bond acceptors (Lipinski definition) is 3. The van der Waals surface area contributed by atoms with Gasteiger partial charge in [-0.2, -0.15) is 0 Å². The van der Waals surface area contributed by atoms with Crippen molar-refractivity contribution >= 4 is 0 Å². The molecule has 0 aliphatic heterocycles. The molecule has 0 unspecified atom stereocenters. The maximum atomic E-state index is 5.50. The lowest BCUT2D eigenvalue weighted by Crippen LogP contribution is -3.00. The Labute approximate surface area is 126 Å². The molecular weight excluding hydrogens is 272 g/mol. The van der Waals surface area contributed by atoms with Gasteiger partial charge < -0.3 is 22.5 Å². The van der Waals surface area contributed by atoms with Gasteiger partial charge in [0.15, 0.2) is 0 Å². The molecule has 1 aromatic carbocycles. The van der Waals surface area contributed by atoms with E-state index in [2.05, 4.69) is 29.0 Å². The third kappa shape index (κ3) is 5.43. The molecule has 3 nitrogen and oxygen atoms in total. The van der Waals surface area contributed by atoms with Crippen LogP contribution in [0.5, 0.6) is 5.75 Å². The molecule has 2 rings (SSSR count). The highest BCUT2D eigenvalue weighted by molar-refractivity contribution is 5.28. The van der Waals surface area contributed by atoms with Gasteiger partial charge in [0.05, 0.1) is 0 Å². The average molecular weight is 290 g/mol. The molecule has 0 saturated carbocycles. The molecule has 106 valence electrons. The van der Waals surface area contributed by atoms with Gasteiger partial charge in [-0.05, 0) is 29.3 Å². The summed E-state index contributed by atoms with van der Waals surface area (Å²) in [5, 5.41) is 3.39. The molecule has 0 spiro atoms. The summed E-state index contributed by atoms with van der Waals surface area (Å²) in [6.07, 6.45) is 5.40. The van der Waals surface area contributed by atoms with Crippen LogP contribution in [0.3, 0.4) is 0 Å². The van der Waals surface area contributed by atoms with Crippen molar-refractivity contribution in [3.63, 3.8) is 0 Å². The van der Waals surface area contributed by atoms with E-state index in [0.717, 1.165) is 18.8 Å². The lowest BCUT2D eigenvalue weighted by molar-refractivity contribution is -0.00000437. The maximum Gasteiger partial charge on any atom is 0.120 e. The Morgan fingerprint density at radius 2 is 1.95 bits per heavy atom. The van der Waals surface area contributed by atoms with Gasteiger partial charge in [0.1, 0.15) is 12.4 Å². The molecular formula is C16H18ClN2O-. The van der Waals surface area contributed by atoms with Gasteiger partial charge in [-0.25, -0.2) is 0 Å². The van der Waals surface area contributed by atoms with E-state index >= 15 is 0 Å². The van der Waals surface area contributed by atoms with Gasteiger partial charge in [0.2, 0.25) is 0 Å². The number of ether oxygens (including phenoxy) is 1. The summed E-state index contributed by atoms with van der Waals surface area (Å²) in [6.45, 7) is 5.79. The second-order valence-corrected chi connectivity index (χ2v) is 4.21. The van der Waals surface area contributed by atoms with Crippen LogP contribution in [0.4, 0.5) is 0 Å². The van der Waals surface area contributed by atoms with Crippen LogP contribution >= 0.6 is 0 Å². The summed E-state index contributed by atoms with van der Waals surface area (Å²) in [5.41, 5.74) is 2.38. The van der Waals surface area contributed by atoms with Crippen LogP contribution in [0.1, 0.15) is 11.1 Å². The van der Waals surface area contributed by atoms with Crippen LogP contribution in [0.2, 0.25) is 0 Å². The van der Waals surface area contributed by atoms with E-state index in [4.69, 9.17) is 4.74 Å². The fraction of sp³-hybridized carbons (Fsp3) is 0.188. The highest BCUT2D eigenvalue weighted by Gasteiger charge is 1.97. The van der Waals surface area contributed by atoms with Crippen LogP contribution in [0.25, 0.3) is 0 Å². The molecule has 1 heterocycles. The fourth-order valence-electron chi connectivity index (χ4n) is 1.75. The molecule has 0 atom stereocenters. The minimum absolute atomic E-state index is 0. The average Bonchev–Trinajstić information content (AvgIpc) is 2.47. The van der Waals surface area contributed by atoms with E-state index in [1.165, 1.54) is 11.1 Å². The monoisotopic (exact) mass is 289 g/mol. The van der Waals surface area contributed by atoms with Crippen LogP contribution in [-0.4, -0.2) is 11.6 Å². The lowest BCUT2D eigenvalue weighted by atomic mass is 10.2. The Balaban J connectivity index is 0.00000200. The number of halogens is 1. The number of pyridine rings is 1. The molecule has 0 amide bonds. The van der Waals surface area contributed by atoms with Crippen LogP contribution in [0, 0.1) is 0 Å². The molecule has 0 fully saturated rings. The highest BCUT2D eigenvalue weighted by Crippen LogP contribution is 2.13. The van der Waals surface area contributed by atoms with Crippen molar-refractivity contribution in [3.05, 3.63) is 72.6 Å². The zero-order valence-electron chi connectivity index (χ0n) is 11.3. The van der Waals surface area contributed by atoms with E-state index in [-0.39, 0.29) is 12.4 Å². The standard InChI is InChI=1S/C16H18N2O.ClH/c1-2-9-19-16-7-3-5-14(10-16)11-18-13-15-6-4-8-17-12-15;/h2-8,10,12,18H,1,9,11,13H2;1H/p-1. The van der Waals surface area contributed by atoms with E-state index in [0.29, 0.717) is 6.61 Å². The Hall–Kier alpha value is -1.84. The molecule has 0 aliphatic carbocycles. The van der Waals surface area contributed by atoms with Crippen molar-refractivity contribution in [1.29, 1.82) is 0 Å². The molecule has 0 radical (unpaired) electrons. The number of aromatic nitrogens is 1. The van der Waals surface area contributed by atoms with Crippen molar-refractivity contribution in [2.45, 2.75) is 13.1 Å². The Morgan fingerprint density at radius 1 is 1.15 bits per heavy atom. The summed E-state index contributed by atoms with van der Waals surface area (Å²) in [5.74, 6) is 0.876. The number of rotatable bonds is 7. The predicted molar refractivity (Wildman–Crippen MR) is 76.9 cm³/mol. The molecule has 2 aromatic rings. The molecule has 1 aromatic heterocycles. The number of benzene rings is 1. The SMILES string of the molecule is C=CCOc1cccc(CNCc2cccnc2)c1.[Cl-]. The summed E-state index contributed by atoms with van der Waals surface area (Å²) in [4.78, 5) is 4.09. The van der Waals surface area contributed by atoms with E-state index in [1.54, 1.807) is 12.3 Å². The molecule has 1 N–H and O–H groups in total. The number of hydrogen-bond donors (Lipinski definition) is 1. The number of nitrogens with zero attached hydrogens (tertiary/aromatic N) is 1. The minimum Gasteiger partial charge on any atom is -1.00 e. The van der Waals surface area contributed by atoms with E-state index in [9.17, 15) is 0 Å². The normalized spacial score (nSPS) is 9.60. The second kappa shape index (κ2) is 9.13. The van der Waals surface area contributed by atoms with E-state index in [1.807, 2.05) is 30.5 Å². The largest absolute Gasteiger partial charge is 1.00 e. The van der Waals surface area contributed by atoms with Crippen molar-refractivity contribution in [3.8, 4) is 5.75 Å². The third-order valence-electron chi connectivity index (χ3n) is 2.65. The first-order valence-corrected chi connectivity index (χ1v) is 6.31. The van der Waals surface area contributed by atoms with E-state index < -0.39 is 0 Å². The smallest absolute Gasteiger partial charge is 0.120 e. The predicted octanol–water partition coefficient (Wildman–Crippen LogP) is -0.0598. The summed E-state index contributed by atoms with van der Waals surface area (Å²) < 4.78 is 5.50. The van der Waals surface area contributed by atoms with Crippen molar-refractivity contribution < 1.29 is 17.1 Å². The third-order valence-corrected chi connectivity index (χ3v) is 2.65. The van der Waals surface area contributed by atoms with Crippen molar-refractivity contribution in [1.82, 2.24) is 10.3 Å². The Bertz CT molecular complexity index is 517. The van der Waals surface area contributed by atoms with Crippen LogP contribution < -0.4 is 22.5 Å². The quantitative estimate of drug-likeness (QED) is 0.725. The first kappa shape index (κ1) is 16.2. The molecule has 0 aliphatic rings. The van der Waals surface area contributed by atoms with Gasteiger partial charge in [0, 0.05) is 25.5 Å². The zero-order valence-corrected chi connectivity index (χ0v) is 12.0. The van der Waals surface area contributed by atoms with Crippen LogP contribution in [-0.2, 0) is 13.1 Å². The van der Waals surface area contributed by atoms with Gasteiger partial charge in [0.25, 0.3) is 0 Å². The summed E-state index contributed by atoms with van der Waals surface area (Å²) in [7, 11) is 0. The van der Waals surface area contributed by atoms with Gasteiger partial charge in [-0.3, -0.25) is 4.98 Å². The first-order valence-electron chi connectivity index (χ1n) is 6.31. The van der Waals surface area contributed by atoms with Crippen LogP contribution in [0.15, 0.2) is 61.4 Å². The zero-order chi connectivity index (χ0) is 13.3. The van der Waals surface area contributed by atoms with Gasteiger partial charge in [-0.15, -0.1) is 0 Å². The molecule has 20 heavy (non-hydrogen) atoms. The Morgan fingerprint density at radius 3 is 2.70 bits per heavy atom.